The van der Waals surface area contributed by atoms with Crippen molar-refractivity contribution in [2.75, 3.05) is 0 Å². The van der Waals surface area contributed by atoms with Gasteiger partial charge < -0.3 is 0 Å². The fourth-order valence-electron chi connectivity index (χ4n) is 1.05. The van der Waals surface area contributed by atoms with Gasteiger partial charge in [0, 0.05) is 16.0 Å². The lowest BCUT2D eigenvalue weighted by atomic mass is 9.99. The fraction of sp³-hybridized carbons (Fsp3) is 1.00. The van der Waals surface area contributed by atoms with E-state index in [1.807, 2.05) is 0 Å². The van der Waals surface area contributed by atoms with Gasteiger partial charge in [-0.05, 0) is 19.3 Å². The first kappa shape index (κ1) is 8.03. The largest absolute Gasteiger partial charge is 0.174 e. The Morgan fingerprint density at radius 2 is 1.89 bits per heavy atom. The Bertz CT molecular complexity index is 97.1. The third-order valence-corrected chi connectivity index (χ3v) is 3.35. The molecule has 0 aromatic heterocycles. The number of rotatable bonds is 0. The molecular formula is C6H10Cl2S. The van der Waals surface area contributed by atoms with Crippen LogP contribution in [0.3, 0.4) is 0 Å². The molecule has 3 unspecified atom stereocenters. The topological polar surface area (TPSA) is 0 Å². The zero-order valence-electron chi connectivity index (χ0n) is 5.06. The molecule has 0 amide bonds. The molecule has 1 rings (SSSR count). The predicted octanol–water partition coefficient (Wildman–Crippen LogP) is 2.68. The molecular weight excluding hydrogens is 175 g/mol. The quantitative estimate of drug-likeness (QED) is 0.435. The molecule has 0 bridgehead atoms. The standard InChI is InChI=1S/C6H10Cl2S/c7-4-1-2-6(9)5(8)3-4/h4-6,9H,1-3H2. The molecule has 0 saturated heterocycles. The molecule has 0 aromatic rings. The van der Waals surface area contributed by atoms with Crippen molar-refractivity contribution in [1.29, 1.82) is 0 Å². The second-order valence-electron chi connectivity index (χ2n) is 2.49. The first-order valence-corrected chi connectivity index (χ1v) is 4.55. The van der Waals surface area contributed by atoms with Crippen LogP contribution in [0.1, 0.15) is 19.3 Å². The van der Waals surface area contributed by atoms with Crippen LogP contribution in [0, 0.1) is 0 Å². The summed E-state index contributed by atoms with van der Waals surface area (Å²) in [7, 11) is 0. The van der Waals surface area contributed by atoms with Gasteiger partial charge in [-0.3, -0.25) is 0 Å². The predicted molar refractivity (Wildman–Crippen MR) is 45.9 cm³/mol. The number of thiol groups is 1. The van der Waals surface area contributed by atoms with Gasteiger partial charge in [0.25, 0.3) is 0 Å². The second kappa shape index (κ2) is 3.36. The van der Waals surface area contributed by atoms with Crippen LogP contribution in [0.4, 0.5) is 0 Å². The summed E-state index contributed by atoms with van der Waals surface area (Å²) in [6, 6.07) is 0. The third-order valence-electron chi connectivity index (χ3n) is 1.67. The van der Waals surface area contributed by atoms with E-state index in [-0.39, 0.29) is 10.8 Å². The minimum Gasteiger partial charge on any atom is -0.174 e. The van der Waals surface area contributed by atoms with E-state index >= 15 is 0 Å². The highest BCUT2D eigenvalue weighted by atomic mass is 35.5. The molecule has 9 heavy (non-hydrogen) atoms. The highest BCUT2D eigenvalue weighted by Crippen LogP contribution is 2.29. The monoisotopic (exact) mass is 184 g/mol. The molecule has 1 aliphatic rings. The molecule has 1 saturated carbocycles. The molecule has 0 aliphatic heterocycles. The van der Waals surface area contributed by atoms with E-state index in [0.717, 1.165) is 19.3 Å². The molecule has 0 radical (unpaired) electrons. The molecule has 54 valence electrons. The lowest BCUT2D eigenvalue weighted by Crippen LogP contribution is -2.25. The zero-order chi connectivity index (χ0) is 6.85. The average Bonchev–Trinajstić information content (AvgIpc) is 1.80. The minimum atomic E-state index is 0.185. The molecule has 3 atom stereocenters. The number of hydrogen-bond acceptors (Lipinski definition) is 1. The summed E-state index contributed by atoms with van der Waals surface area (Å²) >= 11 is 16.1. The molecule has 1 fully saturated rings. The van der Waals surface area contributed by atoms with Gasteiger partial charge in [-0.15, -0.1) is 23.2 Å². The van der Waals surface area contributed by atoms with Crippen molar-refractivity contribution in [1.82, 2.24) is 0 Å². The summed E-state index contributed by atoms with van der Waals surface area (Å²) in [5, 5.41) is 0.835. The zero-order valence-corrected chi connectivity index (χ0v) is 7.46. The van der Waals surface area contributed by atoms with E-state index in [1.54, 1.807) is 0 Å². The number of alkyl halides is 2. The maximum absolute atomic E-state index is 5.90. The van der Waals surface area contributed by atoms with Gasteiger partial charge in [0.2, 0.25) is 0 Å². The van der Waals surface area contributed by atoms with Gasteiger partial charge in [0.05, 0.1) is 0 Å². The molecule has 3 heteroatoms. The highest BCUT2D eigenvalue weighted by Gasteiger charge is 2.24. The highest BCUT2D eigenvalue weighted by molar-refractivity contribution is 7.81. The van der Waals surface area contributed by atoms with E-state index in [4.69, 9.17) is 23.2 Å². The van der Waals surface area contributed by atoms with Crippen LogP contribution in [0.15, 0.2) is 0 Å². The summed E-state index contributed by atoms with van der Waals surface area (Å²) in [6.07, 6.45) is 3.04. The molecule has 0 nitrogen and oxygen atoms in total. The van der Waals surface area contributed by atoms with Crippen LogP contribution in [0.5, 0.6) is 0 Å². The fourth-order valence-corrected chi connectivity index (χ4v) is 2.07. The van der Waals surface area contributed by atoms with Crippen LogP contribution in [0.25, 0.3) is 0 Å². The maximum Gasteiger partial charge on any atom is 0.0466 e. The second-order valence-corrected chi connectivity index (χ2v) is 4.33. The van der Waals surface area contributed by atoms with Gasteiger partial charge in [-0.1, -0.05) is 0 Å². The van der Waals surface area contributed by atoms with Crippen LogP contribution >= 0.6 is 35.8 Å². The van der Waals surface area contributed by atoms with Crippen LogP contribution in [0.2, 0.25) is 0 Å². The molecule has 0 spiro atoms. The van der Waals surface area contributed by atoms with Gasteiger partial charge >= 0.3 is 0 Å². The Balaban J connectivity index is 2.35. The van der Waals surface area contributed by atoms with Gasteiger partial charge in [-0.2, -0.15) is 12.6 Å². The minimum absolute atomic E-state index is 0.185. The van der Waals surface area contributed by atoms with Crippen molar-refractivity contribution in [3.8, 4) is 0 Å². The van der Waals surface area contributed by atoms with Crippen molar-refractivity contribution >= 4 is 35.8 Å². The molecule has 0 heterocycles. The van der Waals surface area contributed by atoms with Gasteiger partial charge in [0.15, 0.2) is 0 Å². The van der Waals surface area contributed by atoms with E-state index in [9.17, 15) is 0 Å². The molecule has 0 N–H and O–H groups in total. The molecule has 1 aliphatic carbocycles. The lowest BCUT2D eigenvalue weighted by molar-refractivity contribution is 0.531. The van der Waals surface area contributed by atoms with Crippen LogP contribution < -0.4 is 0 Å². The summed E-state index contributed by atoms with van der Waals surface area (Å²) in [6.45, 7) is 0. The average molecular weight is 185 g/mol. The van der Waals surface area contributed by atoms with E-state index < -0.39 is 0 Å². The Hall–Kier alpha value is 0.930. The normalized spacial score (nSPS) is 45.0. The summed E-state index contributed by atoms with van der Waals surface area (Å²) in [4.78, 5) is 0. The van der Waals surface area contributed by atoms with E-state index in [1.165, 1.54) is 0 Å². The summed E-state index contributed by atoms with van der Waals surface area (Å²) < 4.78 is 0. The van der Waals surface area contributed by atoms with Crippen molar-refractivity contribution in [2.45, 2.75) is 35.3 Å². The smallest absolute Gasteiger partial charge is 0.0466 e. The SMILES string of the molecule is SC1CCC(Cl)CC1Cl. The van der Waals surface area contributed by atoms with Crippen LogP contribution in [-0.4, -0.2) is 16.0 Å². The molecule has 0 aromatic carbocycles. The number of halogens is 2. The van der Waals surface area contributed by atoms with Crippen molar-refractivity contribution in [3.05, 3.63) is 0 Å². The van der Waals surface area contributed by atoms with Crippen molar-refractivity contribution < 1.29 is 0 Å². The van der Waals surface area contributed by atoms with Gasteiger partial charge in [0.1, 0.15) is 0 Å². The Morgan fingerprint density at radius 3 is 2.33 bits per heavy atom. The maximum atomic E-state index is 5.90. The Morgan fingerprint density at radius 1 is 1.22 bits per heavy atom. The lowest BCUT2D eigenvalue weighted by Gasteiger charge is -2.25. The van der Waals surface area contributed by atoms with Crippen molar-refractivity contribution in [3.63, 3.8) is 0 Å². The number of hydrogen-bond donors (Lipinski definition) is 1. The van der Waals surface area contributed by atoms with E-state index in [0.29, 0.717) is 5.25 Å². The summed E-state index contributed by atoms with van der Waals surface area (Å²) in [5.41, 5.74) is 0. The Kier molecular flexibility index (Phi) is 3.00. The Labute approximate surface area is 71.3 Å². The third kappa shape index (κ3) is 2.21. The summed E-state index contributed by atoms with van der Waals surface area (Å²) in [5.74, 6) is 0. The van der Waals surface area contributed by atoms with Gasteiger partial charge in [-0.25, -0.2) is 0 Å². The first-order chi connectivity index (χ1) is 4.20. The first-order valence-electron chi connectivity index (χ1n) is 3.16. The van der Waals surface area contributed by atoms with Crippen LogP contribution in [-0.2, 0) is 0 Å². The van der Waals surface area contributed by atoms with E-state index in [2.05, 4.69) is 12.6 Å². The van der Waals surface area contributed by atoms with Crippen molar-refractivity contribution in [2.24, 2.45) is 0 Å².